The molecule has 0 saturated carbocycles. The van der Waals surface area contributed by atoms with Crippen LogP contribution in [0, 0.1) is 0 Å². The normalized spacial score (nSPS) is 53.8. The molecule has 1 heterocycles. The molecule has 1 fully saturated rings. The van der Waals surface area contributed by atoms with Gasteiger partial charge in [-0.05, 0) is 26.3 Å². The maximum atomic E-state index is 10.8. The Balaban J connectivity index is 3.19. The van der Waals surface area contributed by atoms with Crippen LogP contribution in [0.3, 0.4) is 0 Å². The molecule has 1 rings (SSSR count). The molecule has 0 bridgehead atoms. The Bertz CT molecular complexity index is 290. The Morgan fingerprint density at radius 1 is 2.22 bits per heavy atom. The monoisotopic (exact) mass is 135 g/mol. The first-order valence-corrected chi connectivity index (χ1v) is 2.56. The van der Waals surface area contributed by atoms with Gasteiger partial charge in [0.15, 0.2) is 0 Å². The molecule has 1 aliphatic rings. The van der Waals surface area contributed by atoms with Crippen molar-refractivity contribution >= 4 is 5.97 Å². The van der Waals surface area contributed by atoms with Crippen molar-refractivity contribution in [3.05, 3.63) is 0 Å². The highest BCUT2D eigenvalue weighted by molar-refractivity contribution is 5.73. The van der Waals surface area contributed by atoms with E-state index in [-0.39, 0.29) is 17.7 Å². The molecule has 0 aliphatic carbocycles. The van der Waals surface area contributed by atoms with Gasteiger partial charge in [-0.1, -0.05) is 0 Å². The zero-order valence-electron chi connectivity index (χ0n) is 10.7. The second kappa shape index (κ2) is 2.35. The van der Waals surface area contributed by atoms with Gasteiger partial charge in [-0.15, -0.1) is 0 Å². The fourth-order valence-corrected chi connectivity index (χ4v) is 0.696. The highest BCUT2D eigenvalue weighted by Crippen LogP contribution is 2.13. The summed E-state index contributed by atoms with van der Waals surface area (Å²) in [6.45, 7) is -5.22. The third kappa shape index (κ3) is 1.21. The number of aliphatic carboxylic acids is 1. The van der Waals surface area contributed by atoms with Crippen molar-refractivity contribution in [3.8, 4) is 0 Å². The van der Waals surface area contributed by atoms with Gasteiger partial charge in [0.1, 0.15) is 6.02 Å². The van der Waals surface area contributed by atoms with E-state index in [0.717, 1.165) is 0 Å². The van der Waals surface area contributed by atoms with E-state index in [1.54, 1.807) is 0 Å². The van der Waals surface area contributed by atoms with E-state index >= 15 is 0 Å². The van der Waals surface area contributed by atoms with Crippen LogP contribution in [0.2, 0.25) is 0 Å². The van der Waals surface area contributed by atoms with E-state index in [1.165, 1.54) is 0 Å². The molecule has 0 aromatic carbocycles. The molecule has 0 aromatic rings. The molecule has 1 atom stereocenters. The summed E-state index contributed by atoms with van der Waals surface area (Å²) in [5, 5.41) is 8.79. The number of carbonyl (C=O) groups is 1. The van der Waals surface area contributed by atoms with Gasteiger partial charge in [-0.3, -0.25) is 9.69 Å². The summed E-state index contributed by atoms with van der Waals surface area (Å²) in [7, 11) is 0. The van der Waals surface area contributed by atoms with Crippen molar-refractivity contribution < 1.29 is 18.1 Å². The number of likely N-dealkylation sites (tertiary alicyclic amines) is 1. The summed E-state index contributed by atoms with van der Waals surface area (Å²) >= 11 is 0. The van der Waals surface area contributed by atoms with Crippen molar-refractivity contribution in [2.75, 3.05) is 13.5 Å². The van der Waals surface area contributed by atoms with Crippen LogP contribution in [0.15, 0.2) is 0 Å². The third-order valence-corrected chi connectivity index (χ3v) is 1.15. The minimum absolute atomic E-state index is 0.148. The lowest BCUT2D eigenvalue weighted by molar-refractivity contribution is -0.141. The summed E-state index contributed by atoms with van der Waals surface area (Å²) in [6, 6.07) is -2.41. The highest BCUT2D eigenvalue weighted by atomic mass is 16.4. The molecule has 9 heavy (non-hydrogen) atoms. The van der Waals surface area contributed by atoms with E-state index < -0.39 is 25.5 Å². The average molecular weight is 135 g/mol. The fourth-order valence-electron chi connectivity index (χ4n) is 0.696. The quantitative estimate of drug-likeness (QED) is 0.557. The number of hydrogen-bond acceptors (Lipinski definition) is 2. The lowest BCUT2D eigenvalue weighted by Crippen LogP contribution is -2.32. The first kappa shape index (κ1) is 2.23. The molecule has 0 unspecified atom stereocenters. The molecule has 1 N–H and O–H groups in total. The molecular weight excluding hydrogens is 118 g/mol. The standard InChI is InChI=1S/C6H11NO2/c1-7-4-2-3-5(7)6(8)9/h5H,2-4H2,1H3,(H,8,9)/t5-/m1/s1/i1D3,4D2,5D. The Labute approximate surface area is 62.7 Å². The maximum Gasteiger partial charge on any atom is 0.320 e. The van der Waals surface area contributed by atoms with E-state index in [0.29, 0.717) is 0 Å². The van der Waals surface area contributed by atoms with E-state index in [2.05, 4.69) is 0 Å². The van der Waals surface area contributed by atoms with Gasteiger partial charge in [-0.25, -0.2) is 0 Å². The number of carboxylic acids is 1. The lowest BCUT2D eigenvalue weighted by Gasteiger charge is -2.13. The van der Waals surface area contributed by atoms with Gasteiger partial charge in [0.25, 0.3) is 0 Å². The Hall–Kier alpha value is -0.570. The average Bonchev–Trinajstić information content (AvgIpc) is 2.21. The van der Waals surface area contributed by atoms with E-state index in [9.17, 15) is 4.79 Å². The van der Waals surface area contributed by atoms with Crippen LogP contribution in [0.4, 0.5) is 0 Å². The van der Waals surface area contributed by atoms with E-state index in [4.69, 9.17) is 13.3 Å². The van der Waals surface area contributed by atoms with E-state index in [1.807, 2.05) is 0 Å². The third-order valence-electron chi connectivity index (χ3n) is 1.15. The second-order valence-corrected chi connectivity index (χ2v) is 1.75. The van der Waals surface area contributed by atoms with Gasteiger partial charge in [-0.2, -0.15) is 0 Å². The van der Waals surface area contributed by atoms with Crippen LogP contribution in [-0.4, -0.2) is 35.5 Å². The number of likely N-dealkylation sites (N-methyl/N-ethyl adjacent to an activating group) is 1. The molecule has 0 amide bonds. The van der Waals surface area contributed by atoms with Crippen LogP contribution >= 0.6 is 0 Å². The molecule has 1 aliphatic heterocycles. The molecule has 3 nitrogen and oxygen atoms in total. The van der Waals surface area contributed by atoms with Gasteiger partial charge in [0.05, 0.1) is 1.37 Å². The van der Waals surface area contributed by atoms with Crippen LogP contribution in [0.1, 0.15) is 21.1 Å². The SMILES string of the molecule is [2H]C([2H])([2H])N1C([2H])([2H])CC[C@]1([2H])C(=O)O. The number of carboxylic acid groups (broad SMARTS) is 1. The van der Waals surface area contributed by atoms with Crippen molar-refractivity contribution in [1.29, 1.82) is 0 Å². The summed E-state index contributed by atoms with van der Waals surface area (Å²) in [6.07, 6.45) is -0.616. The van der Waals surface area contributed by atoms with Crippen molar-refractivity contribution in [1.82, 2.24) is 4.90 Å². The minimum Gasteiger partial charge on any atom is -0.480 e. The summed E-state index contributed by atoms with van der Waals surface area (Å²) < 4.78 is 43.5. The van der Waals surface area contributed by atoms with Crippen molar-refractivity contribution in [2.45, 2.75) is 18.9 Å². The number of nitrogens with zero attached hydrogens (tertiary/aromatic N) is 1. The molecular formula is C6H11NO2. The predicted octanol–water partition coefficient (Wildman–Crippen LogP) is 0.165. The van der Waals surface area contributed by atoms with Gasteiger partial charge < -0.3 is 5.11 Å². The van der Waals surface area contributed by atoms with Gasteiger partial charge >= 0.3 is 5.97 Å². The van der Waals surface area contributed by atoms with Crippen molar-refractivity contribution in [3.63, 3.8) is 0 Å². The topological polar surface area (TPSA) is 40.5 Å². The Morgan fingerprint density at radius 3 is 3.44 bits per heavy atom. The molecule has 0 radical (unpaired) electrons. The fraction of sp³-hybridized carbons (Fsp3) is 0.833. The second-order valence-electron chi connectivity index (χ2n) is 1.75. The van der Waals surface area contributed by atoms with Gasteiger partial charge in [0, 0.05) is 6.85 Å². The number of rotatable bonds is 1. The molecule has 0 spiro atoms. The molecule has 1 saturated heterocycles. The summed E-state index contributed by atoms with van der Waals surface area (Å²) in [5.41, 5.74) is 0. The largest absolute Gasteiger partial charge is 0.480 e. The van der Waals surface area contributed by atoms with Crippen LogP contribution in [0.5, 0.6) is 0 Å². The zero-order valence-corrected chi connectivity index (χ0v) is 4.72. The predicted molar refractivity (Wildman–Crippen MR) is 33.3 cm³/mol. The van der Waals surface area contributed by atoms with Crippen LogP contribution in [-0.2, 0) is 4.79 Å². The first-order valence-electron chi connectivity index (χ1n) is 5.56. The smallest absolute Gasteiger partial charge is 0.320 e. The first-order chi connectivity index (χ1) is 6.52. The number of hydrogen-bond donors (Lipinski definition) is 1. The highest BCUT2D eigenvalue weighted by Gasteiger charge is 2.26. The summed E-state index contributed by atoms with van der Waals surface area (Å²) in [4.78, 5) is 11.0. The molecule has 52 valence electrons. The van der Waals surface area contributed by atoms with Gasteiger partial charge in [0.2, 0.25) is 0 Å². The molecule has 3 heteroatoms. The van der Waals surface area contributed by atoms with Crippen molar-refractivity contribution in [2.24, 2.45) is 0 Å². The minimum atomic E-state index is -2.93. The zero-order chi connectivity index (χ0) is 12.1. The molecule has 0 aromatic heterocycles. The maximum absolute atomic E-state index is 10.8. The van der Waals surface area contributed by atoms with Crippen LogP contribution < -0.4 is 0 Å². The van der Waals surface area contributed by atoms with Crippen LogP contribution in [0.25, 0.3) is 0 Å². The lowest BCUT2D eigenvalue weighted by atomic mass is 10.2. The Kier molecular flexibility index (Phi) is 0.584. The Morgan fingerprint density at radius 2 is 3.00 bits per heavy atom. The summed E-state index contributed by atoms with van der Waals surface area (Å²) in [5.74, 6) is -1.64.